The van der Waals surface area contributed by atoms with Crippen molar-refractivity contribution in [2.75, 3.05) is 0 Å². The van der Waals surface area contributed by atoms with E-state index in [1.807, 2.05) is 13.8 Å². The molecule has 0 amide bonds. The summed E-state index contributed by atoms with van der Waals surface area (Å²) in [6, 6.07) is 16.7. The Labute approximate surface area is 283 Å². The van der Waals surface area contributed by atoms with Crippen LogP contribution in [0, 0.1) is 13.8 Å². The Morgan fingerprint density at radius 2 is 1.11 bits per heavy atom. The van der Waals surface area contributed by atoms with Gasteiger partial charge >= 0.3 is 0 Å². The zero-order chi connectivity index (χ0) is 33.9. The molecule has 0 saturated heterocycles. The molecule has 0 fully saturated rings. The van der Waals surface area contributed by atoms with Crippen LogP contribution in [0.4, 0.5) is 0 Å². The van der Waals surface area contributed by atoms with Gasteiger partial charge in [-0.1, -0.05) is 71.9 Å². The van der Waals surface area contributed by atoms with Crippen molar-refractivity contribution in [1.82, 2.24) is 17.9 Å². The van der Waals surface area contributed by atoms with Crippen LogP contribution in [0.15, 0.2) is 95.2 Å². The Kier molecular flexibility index (Phi) is 10.2. The highest BCUT2D eigenvalue weighted by Gasteiger charge is 2.22. The van der Waals surface area contributed by atoms with E-state index in [0.717, 1.165) is 46.2 Å². The van der Waals surface area contributed by atoms with Gasteiger partial charge in [-0.15, -0.1) is 0 Å². The van der Waals surface area contributed by atoms with Crippen molar-refractivity contribution >= 4 is 71.6 Å². The zero-order valence-electron chi connectivity index (χ0n) is 25.9. The molecule has 2 aromatic carbocycles. The van der Waals surface area contributed by atoms with Gasteiger partial charge in [0.05, 0.1) is 19.8 Å². The van der Waals surface area contributed by atoms with E-state index in [0.29, 0.717) is 32.0 Å². The molecule has 244 valence electrons. The van der Waals surface area contributed by atoms with Gasteiger partial charge in [-0.2, -0.15) is 0 Å². The van der Waals surface area contributed by atoms with E-state index in [-0.39, 0.29) is 21.9 Å². The molecule has 13 heteroatoms. The first-order valence-corrected chi connectivity index (χ1v) is 18.4. The third kappa shape index (κ3) is 6.85. The molecule has 0 spiro atoms. The second-order valence-corrected chi connectivity index (χ2v) is 15.4. The molecule has 47 heavy (non-hydrogen) atoms. The summed E-state index contributed by atoms with van der Waals surface area (Å²) in [5.74, 6) is 0. The molecule has 0 bridgehead atoms. The van der Waals surface area contributed by atoms with Crippen molar-refractivity contribution in [3.05, 3.63) is 118 Å². The predicted octanol–water partition coefficient (Wildman–Crippen LogP) is 7.55. The number of benzene rings is 2. The number of aldehydes is 1. The lowest BCUT2D eigenvalue weighted by Crippen LogP contribution is -2.12. The Hall–Kier alpha value is -4.03. The molecular weight excluding hydrogens is 679 g/mol. The summed E-state index contributed by atoms with van der Waals surface area (Å²) in [5.41, 5.74) is 4.11. The Bertz CT molecular complexity index is 2300. The number of nitrogens with zero attached hydrogens (tertiary/aromatic N) is 4. The second-order valence-electron chi connectivity index (χ2n) is 11.0. The number of aryl methyl sites for hydroxylation is 3. The molecule has 6 aromatic rings. The first-order chi connectivity index (χ1) is 22.4. The monoisotopic (exact) mass is 710 g/mol. The largest absolute Gasteiger partial charge is 0.303 e. The van der Waals surface area contributed by atoms with Crippen LogP contribution < -0.4 is 0 Å². The van der Waals surface area contributed by atoms with E-state index >= 15 is 0 Å². The summed E-state index contributed by atoms with van der Waals surface area (Å²) < 4.78 is 53.6. The molecule has 0 unspecified atom stereocenters. The average molecular weight is 712 g/mol. The van der Waals surface area contributed by atoms with Crippen LogP contribution in [0.3, 0.4) is 0 Å². The van der Waals surface area contributed by atoms with Gasteiger partial charge in [-0.25, -0.2) is 34.7 Å². The highest BCUT2D eigenvalue weighted by atomic mass is 35.5. The fourth-order valence-corrected chi connectivity index (χ4v) is 8.12. The van der Waals surface area contributed by atoms with Gasteiger partial charge in [-0.3, -0.25) is 0 Å². The molecule has 0 atom stereocenters. The molecule has 6 rings (SSSR count). The molecule has 0 aliphatic carbocycles. The Balaban J connectivity index is 0.000000185. The third-order valence-corrected chi connectivity index (χ3v) is 11.9. The fraction of sp³-hybridized carbons (Fsp3) is 0.206. The van der Waals surface area contributed by atoms with E-state index < -0.39 is 20.0 Å². The smallest absolute Gasteiger partial charge is 0.269 e. The lowest BCUT2D eigenvalue weighted by molar-refractivity contribution is -0.107. The molecule has 0 aliphatic rings. The van der Waals surface area contributed by atoms with Crippen molar-refractivity contribution < 1.29 is 21.6 Å². The lowest BCUT2D eigenvalue weighted by atomic mass is 10.1. The number of rotatable bonds is 9. The van der Waals surface area contributed by atoms with Gasteiger partial charge in [0.1, 0.15) is 6.29 Å². The standard InChI is InChI=1S/C18H19ClN2O2S.C16H13ClN2O3S/c1-3-4-5-14-12-20-18-16(17(14)19)10-11-21(18)24(22,23)15-8-6-13(2)7-9-15;1-11-2-4-13(5-3-11)23(21,22)19-8-6-14-15(17)12(7-9-20)10-18-16(14)19/h6-12H,3-5H2,1-2H3;2-6,8-10H,7H2,1H3. The fourth-order valence-electron chi connectivity index (χ4n) is 4.95. The molecule has 0 N–H and O–H groups in total. The van der Waals surface area contributed by atoms with Gasteiger partial charge in [0, 0.05) is 42.0 Å². The van der Waals surface area contributed by atoms with Crippen LogP contribution in [0.5, 0.6) is 0 Å². The van der Waals surface area contributed by atoms with Gasteiger partial charge < -0.3 is 4.79 Å². The summed E-state index contributed by atoms with van der Waals surface area (Å²) >= 11 is 12.7. The number of hydrogen-bond donors (Lipinski definition) is 0. The number of hydrogen-bond acceptors (Lipinski definition) is 7. The van der Waals surface area contributed by atoms with E-state index in [9.17, 15) is 21.6 Å². The quantitative estimate of drug-likeness (QED) is 0.142. The minimum Gasteiger partial charge on any atom is -0.303 e. The number of pyridine rings is 2. The summed E-state index contributed by atoms with van der Waals surface area (Å²) in [6.07, 6.45) is 9.85. The summed E-state index contributed by atoms with van der Waals surface area (Å²) in [4.78, 5) is 19.6. The maximum absolute atomic E-state index is 12.9. The summed E-state index contributed by atoms with van der Waals surface area (Å²) in [5, 5.41) is 2.11. The number of carbonyl (C=O) groups is 1. The van der Waals surface area contributed by atoms with Gasteiger partial charge in [-0.05, 0) is 74.2 Å². The number of halogens is 2. The Morgan fingerprint density at radius 3 is 1.53 bits per heavy atom. The lowest BCUT2D eigenvalue weighted by Gasteiger charge is -2.09. The van der Waals surface area contributed by atoms with Crippen LogP contribution in [0.25, 0.3) is 22.1 Å². The highest BCUT2D eigenvalue weighted by molar-refractivity contribution is 7.90. The van der Waals surface area contributed by atoms with Crippen molar-refractivity contribution in [1.29, 1.82) is 0 Å². The van der Waals surface area contributed by atoms with Crippen LogP contribution in [0.2, 0.25) is 10.0 Å². The minimum atomic E-state index is -3.75. The number of carbonyl (C=O) groups excluding carboxylic acids is 1. The normalized spacial score (nSPS) is 11.9. The van der Waals surface area contributed by atoms with E-state index in [2.05, 4.69) is 16.9 Å². The molecular formula is C34H32Cl2N4O5S2. The van der Waals surface area contributed by atoms with Crippen LogP contribution in [-0.4, -0.2) is 41.0 Å². The van der Waals surface area contributed by atoms with E-state index in [1.165, 1.54) is 22.6 Å². The third-order valence-electron chi connectivity index (χ3n) is 7.63. The molecule has 0 aliphatic heterocycles. The van der Waals surface area contributed by atoms with E-state index in [1.54, 1.807) is 66.9 Å². The van der Waals surface area contributed by atoms with Crippen molar-refractivity contribution in [3.8, 4) is 0 Å². The summed E-state index contributed by atoms with van der Waals surface area (Å²) in [6.45, 7) is 5.92. The second kappa shape index (κ2) is 14.0. The Morgan fingerprint density at radius 1 is 0.681 bits per heavy atom. The zero-order valence-corrected chi connectivity index (χ0v) is 29.0. The van der Waals surface area contributed by atoms with Crippen LogP contribution in [0.1, 0.15) is 42.0 Å². The highest BCUT2D eigenvalue weighted by Crippen LogP contribution is 2.31. The number of aromatic nitrogens is 4. The van der Waals surface area contributed by atoms with E-state index in [4.69, 9.17) is 23.2 Å². The first kappa shape index (κ1) is 34.3. The average Bonchev–Trinajstić information content (AvgIpc) is 3.70. The van der Waals surface area contributed by atoms with Gasteiger partial charge in [0.25, 0.3) is 20.0 Å². The van der Waals surface area contributed by atoms with Gasteiger partial charge in [0.2, 0.25) is 0 Å². The van der Waals surface area contributed by atoms with Crippen molar-refractivity contribution in [2.24, 2.45) is 0 Å². The molecule has 9 nitrogen and oxygen atoms in total. The number of fused-ring (bicyclic) bond motifs is 2. The molecule has 0 radical (unpaired) electrons. The first-order valence-electron chi connectivity index (χ1n) is 14.8. The SMILES string of the molecule is CCCCc1cnc2c(ccn2S(=O)(=O)c2ccc(C)cc2)c1Cl.Cc1ccc(S(=O)(=O)n2ccc3c(Cl)c(CC=O)cnc32)cc1. The van der Waals surface area contributed by atoms with Crippen LogP contribution >= 0.6 is 23.2 Å². The topological polar surface area (TPSA) is 121 Å². The van der Waals surface area contributed by atoms with Crippen molar-refractivity contribution in [3.63, 3.8) is 0 Å². The summed E-state index contributed by atoms with van der Waals surface area (Å²) in [7, 11) is -7.44. The maximum atomic E-state index is 12.9. The molecule has 4 aromatic heterocycles. The molecule has 4 heterocycles. The van der Waals surface area contributed by atoms with Crippen LogP contribution in [-0.2, 0) is 37.7 Å². The minimum absolute atomic E-state index is 0.137. The molecule has 0 saturated carbocycles. The number of unbranched alkanes of at least 4 members (excludes halogenated alkanes) is 1. The predicted molar refractivity (Wildman–Crippen MR) is 185 cm³/mol. The van der Waals surface area contributed by atoms with Gasteiger partial charge in [0.15, 0.2) is 11.3 Å². The maximum Gasteiger partial charge on any atom is 0.269 e. The van der Waals surface area contributed by atoms with Crippen molar-refractivity contribution in [2.45, 2.75) is 56.2 Å².